The smallest absolute Gasteiger partial charge is 0.139 e. The van der Waals surface area contributed by atoms with E-state index in [1.54, 1.807) is 7.11 Å². The topological polar surface area (TPSA) is 44.5 Å². The number of ether oxygens (including phenoxy) is 2. The number of hydrogen-bond donors (Lipinski definition) is 1. The van der Waals surface area contributed by atoms with E-state index in [2.05, 4.69) is 6.58 Å². The lowest BCUT2D eigenvalue weighted by molar-refractivity contribution is -0.202. The van der Waals surface area contributed by atoms with Gasteiger partial charge in [0.1, 0.15) is 5.60 Å². The van der Waals surface area contributed by atoms with Gasteiger partial charge in [-0.25, -0.2) is 0 Å². The Morgan fingerprint density at radius 3 is 2.33 bits per heavy atom. The number of hydrogen-bond acceptors (Lipinski definition) is 3. The molecule has 0 bridgehead atoms. The van der Waals surface area contributed by atoms with Gasteiger partial charge in [0.15, 0.2) is 0 Å². The highest BCUT2D eigenvalue weighted by atomic mass is 16.6. The van der Waals surface area contributed by atoms with Gasteiger partial charge in [0.25, 0.3) is 0 Å². The molecule has 3 heteroatoms. The number of nitrogens with two attached hydrogens (primary N) is 1. The lowest BCUT2D eigenvalue weighted by atomic mass is 9.91. The maximum Gasteiger partial charge on any atom is 0.139 e. The van der Waals surface area contributed by atoms with Crippen molar-refractivity contribution >= 4 is 5.70 Å². The lowest BCUT2D eigenvalue weighted by Crippen LogP contribution is -2.48. The molecule has 0 saturated carbocycles. The average Bonchev–Trinajstić information content (AvgIpc) is 2.18. The highest BCUT2D eigenvalue weighted by molar-refractivity contribution is 5.60. The predicted molar refractivity (Wildman–Crippen MR) is 59.2 cm³/mol. The fourth-order valence-corrected chi connectivity index (χ4v) is 1.68. The standard InChI is InChI=1S/C12H15NO2/c1-9(13)10-3-5-11(6-4-10)12(14-2)7-15-8-12/h3-6H,1,7-8,13H2,2H3. The summed E-state index contributed by atoms with van der Waals surface area (Å²) < 4.78 is 10.7. The van der Waals surface area contributed by atoms with Crippen LogP contribution in [0, 0.1) is 0 Å². The fraction of sp³-hybridized carbons (Fsp3) is 0.333. The summed E-state index contributed by atoms with van der Waals surface area (Å²) in [5, 5.41) is 0. The van der Waals surface area contributed by atoms with Gasteiger partial charge in [0.2, 0.25) is 0 Å². The molecule has 0 aromatic heterocycles. The highest BCUT2D eigenvalue weighted by Gasteiger charge is 2.40. The van der Waals surface area contributed by atoms with Gasteiger partial charge in [0.05, 0.1) is 13.2 Å². The summed E-state index contributed by atoms with van der Waals surface area (Å²) in [4.78, 5) is 0. The molecule has 0 amide bonds. The predicted octanol–water partition coefficient (Wildman–Crippen LogP) is 1.49. The Hall–Kier alpha value is -1.32. The lowest BCUT2D eigenvalue weighted by Gasteiger charge is -2.40. The van der Waals surface area contributed by atoms with Crippen LogP contribution in [-0.4, -0.2) is 20.3 Å². The molecule has 0 spiro atoms. The number of benzene rings is 1. The van der Waals surface area contributed by atoms with Gasteiger partial charge in [-0.15, -0.1) is 0 Å². The van der Waals surface area contributed by atoms with Crippen molar-refractivity contribution in [1.82, 2.24) is 0 Å². The Balaban J connectivity index is 2.26. The molecular weight excluding hydrogens is 190 g/mol. The van der Waals surface area contributed by atoms with Crippen molar-refractivity contribution in [3.63, 3.8) is 0 Å². The molecule has 1 aliphatic rings. The molecule has 2 rings (SSSR count). The summed E-state index contributed by atoms with van der Waals surface area (Å²) in [5.74, 6) is 0. The van der Waals surface area contributed by atoms with Crippen molar-refractivity contribution in [3.05, 3.63) is 42.0 Å². The molecule has 1 saturated heterocycles. The van der Waals surface area contributed by atoms with Crippen LogP contribution in [-0.2, 0) is 15.1 Å². The molecule has 1 fully saturated rings. The maximum absolute atomic E-state index is 5.60. The normalized spacial score (nSPS) is 18.2. The van der Waals surface area contributed by atoms with E-state index in [-0.39, 0.29) is 5.60 Å². The van der Waals surface area contributed by atoms with E-state index in [1.165, 1.54) is 0 Å². The molecule has 80 valence electrons. The molecule has 2 N–H and O–H groups in total. The second-order valence-corrected chi connectivity index (χ2v) is 3.79. The summed E-state index contributed by atoms with van der Waals surface area (Å²) in [6.45, 7) is 4.93. The second kappa shape index (κ2) is 3.68. The van der Waals surface area contributed by atoms with Crippen LogP contribution in [0.3, 0.4) is 0 Å². The third kappa shape index (κ3) is 1.64. The van der Waals surface area contributed by atoms with E-state index >= 15 is 0 Å². The zero-order valence-corrected chi connectivity index (χ0v) is 8.82. The molecule has 1 heterocycles. The second-order valence-electron chi connectivity index (χ2n) is 3.79. The van der Waals surface area contributed by atoms with Crippen LogP contribution in [0.15, 0.2) is 30.8 Å². The zero-order chi connectivity index (χ0) is 10.9. The Bertz CT molecular complexity index is 360. The van der Waals surface area contributed by atoms with Crippen LogP contribution in [0.1, 0.15) is 11.1 Å². The van der Waals surface area contributed by atoms with Crippen molar-refractivity contribution in [2.75, 3.05) is 20.3 Å². The van der Waals surface area contributed by atoms with Crippen molar-refractivity contribution < 1.29 is 9.47 Å². The van der Waals surface area contributed by atoms with E-state index in [9.17, 15) is 0 Å². The maximum atomic E-state index is 5.60. The number of methoxy groups -OCH3 is 1. The minimum absolute atomic E-state index is 0.255. The molecule has 0 radical (unpaired) electrons. The SMILES string of the molecule is C=C(N)c1ccc(C2(OC)COC2)cc1. The Kier molecular flexibility index (Phi) is 2.50. The van der Waals surface area contributed by atoms with Gasteiger partial charge in [-0.2, -0.15) is 0 Å². The Labute approximate surface area is 89.5 Å². The number of rotatable bonds is 3. The largest absolute Gasteiger partial charge is 0.399 e. The van der Waals surface area contributed by atoms with E-state index in [0.717, 1.165) is 11.1 Å². The summed E-state index contributed by atoms with van der Waals surface area (Å²) in [5.41, 5.74) is 8.00. The average molecular weight is 205 g/mol. The summed E-state index contributed by atoms with van der Waals surface area (Å²) >= 11 is 0. The summed E-state index contributed by atoms with van der Waals surface area (Å²) in [6, 6.07) is 7.94. The molecule has 0 unspecified atom stereocenters. The van der Waals surface area contributed by atoms with Gasteiger partial charge >= 0.3 is 0 Å². The molecule has 1 aliphatic heterocycles. The highest BCUT2D eigenvalue weighted by Crippen LogP contribution is 2.33. The molecule has 3 nitrogen and oxygen atoms in total. The minimum atomic E-state index is -0.255. The Morgan fingerprint density at radius 1 is 1.40 bits per heavy atom. The van der Waals surface area contributed by atoms with Gasteiger partial charge in [0, 0.05) is 12.8 Å². The molecule has 0 aliphatic carbocycles. The third-order valence-electron chi connectivity index (χ3n) is 2.84. The van der Waals surface area contributed by atoms with Crippen LogP contribution >= 0.6 is 0 Å². The van der Waals surface area contributed by atoms with Crippen molar-refractivity contribution in [1.29, 1.82) is 0 Å². The van der Waals surface area contributed by atoms with E-state index < -0.39 is 0 Å². The van der Waals surface area contributed by atoms with Gasteiger partial charge in [-0.3, -0.25) is 0 Å². The third-order valence-corrected chi connectivity index (χ3v) is 2.84. The van der Waals surface area contributed by atoms with Gasteiger partial charge < -0.3 is 15.2 Å². The van der Waals surface area contributed by atoms with Crippen molar-refractivity contribution in [3.8, 4) is 0 Å². The van der Waals surface area contributed by atoms with E-state index in [1.807, 2.05) is 24.3 Å². The zero-order valence-electron chi connectivity index (χ0n) is 8.82. The molecule has 1 aromatic carbocycles. The van der Waals surface area contributed by atoms with E-state index in [0.29, 0.717) is 18.9 Å². The molecule has 0 atom stereocenters. The molecule has 15 heavy (non-hydrogen) atoms. The summed E-state index contributed by atoms with van der Waals surface area (Å²) in [6.07, 6.45) is 0. The van der Waals surface area contributed by atoms with Gasteiger partial charge in [-0.1, -0.05) is 30.8 Å². The van der Waals surface area contributed by atoms with Crippen LogP contribution in [0.5, 0.6) is 0 Å². The van der Waals surface area contributed by atoms with Gasteiger partial charge in [-0.05, 0) is 11.1 Å². The fourth-order valence-electron chi connectivity index (χ4n) is 1.68. The Morgan fingerprint density at radius 2 is 2.00 bits per heavy atom. The van der Waals surface area contributed by atoms with Crippen LogP contribution in [0.25, 0.3) is 5.70 Å². The monoisotopic (exact) mass is 205 g/mol. The quantitative estimate of drug-likeness (QED) is 0.813. The summed E-state index contributed by atoms with van der Waals surface area (Å²) in [7, 11) is 1.71. The van der Waals surface area contributed by atoms with Crippen LogP contribution in [0.4, 0.5) is 0 Å². The first kappa shape index (κ1) is 10.2. The first-order chi connectivity index (χ1) is 7.18. The minimum Gasteiger partial charge on any atom is -0.399 e. The van der Waals surface area contributed by atoms with Crippen molar-refractivity contribution in [2.45, 2.75) is 5.60 Å². The molecular formula is C12H15NO2. The van der Waals surface area contributed by atoms with Crippen LogP contribution in [0.2, 0.25) is 0 Å². The van der Waals surface area contributed by atoms with Crippen LogP contribution < -0.4 is 5.73 Å². The first-order valence-corrected chi connectivity index (χ1v) is 4.86. The van der Waals surface area contributed by atoms with Crippen molar-refractivity contribution in [2.24, 2.45) is 5.73 Å². The first-order valence-electron chi connectivity index (χ1n) is 4.86. The molecule has 1 aromatic rings. The van der Waals surface area contributed by atoms with E-state index in [4.69, 9.17) is 15.2 Å².